The Morgan fingerprint density at radius 1 is 0.824 bits per heavy atom. The number of hydrogen-bond donors (Lipinski definition) is 1. The molecule has 1 N–H and O–H groups in total. The highest BCUT2D eigenvalue weighted by atomic mass is 16.5. The minimum absolute atomic E-state index is 0.0733. The van der Waals surface area contributed by atoms with Gasteiger partial charge in [-0.05, 0) is 66.9 Å². The molecule has 1 amide bonds. The summed E-state index contributed by atoms with van der Waals surface area (Å²) in [6, 6.07) is 19.8. The van der Waals surface area contributed by atoms with Crippen LogP contribution < -0.4 is 24.7 Å². The van der Waals surface area contributed by atoms with E-state index in [4.69, 9.17) is 14.2 Å². The summed E-state index contributed by atoms with van der Waals surface area (Å²) in [5, 5.41) is 0.903. The molecule has 0 aliphatic heterocycles. The Hall–Kier alpha value is -4.26. The molecule has 0 aliphatic rings. The van der Waals surface area contributed by atoms with Crippen LogP contribution in [-0.2, 0) is 6.54 Å². The van der Waals surface area contributed by atoms with E-state index in [1.165, 1.54) is 14.2 Å². The summed E-state index contributed by atoms with van der Waals surface area (Å²) in [4.78, 5) is 31.1. The number of aromatic amines is 1. The summed E-state index contributed by atoms with van der Waals surface area (Å²) < 4.78 is 15.9. The van der Waals surface area contributed by atoms with Crippen LogP contribution in [0, 0.1) is 6.92 Å². The first-order chi connectivity index (χ1) is 16.4. The van der Waals surface area contributed by atoms with E-state index < -0.39 is 0 Å². The molecule has 0 atom stereocenters. The van der Waals surface area contributed by atoms with E-state index >= 15 is 0 Å². The maximum atomic E-state index is 13.7. The quantitative estimate of drug-likeness (QED) is 0.434. The SMILES string of the molecule is COc1ccc(N(Cc2cc3cc(C)ccc3[nH]c2=O)C(=O)c2cc(OC)cc(OC)c2)cc1. The van der Waals surface area contributed by atoms with Crippen molar-refractivity contribution in [1.29, 1.82) is 0 Å². The number of methoxy groups -OCH3 is 3. The smallest absolute Gasteiger partial charge is 0.258 e. The summed E-state index contributed by atoms with van der Waals surface area (Å²) >= 11 is 0. The van der Waals surface area contributed by atoms with Gasteiger partial charge in [0, 0.05) is 28.4 Å². The third kappa shape index (κ3) is 4.73. The van der Waals surface area contributed by atoms with Crippen LogP contribution in [0.2, 0.25) is 0 Å². The lowest BCUT2D eigenvalue weighted by Crippen LogP contribution is -2.33. The number of fused-ring (bicyclic) bond motifs is 1. The number of aromatic nitrogens is 1. The number of nitrogens with zero attached hydrogens (tertiary/aromatic N) is 1. The molecule has 4 aromatic rings. The molecule has 3 aromatic carbocycles. The highest BCUT2D eigenvalue weighted by Gasteiger charge is 2.21. The third-order valence-electron chi connectivity index (χ3n) is 5.63. The molecule has 0 unspecified atom stereocenters. The highest BCUT2D eigenvalue weighted by Crippen LogP contribution is 2.27. The first kappa shape index (κ1) is 22.9. The van der Waals surface area contributed by atoms with Crippen molar-refractivity contribution >= 4 is 22.5 Å². The van der Waals surface area contributed by atoms with Gasteiger partial charge in [-0.15, -0.1) is 0 Å². The van der Waals surface area contributed by atoms with E-state index in [0.717, 1.165) is 16.5 Å². The van der Waals surface area contributed by atoms with E-state index in [1.54, 1.807) is 54.5 Å². The normalized spacial score (nSPS) is 10.7. The largest absolute Gasteiger partial charge is 0.497 e. The number of ether oxygens (including phenoxy) is 3. The number of anilines is 1. The first-order valence-corrected chi connectivity index (χ1v) is 10.7. The first-order valence-electron chi connectivity index (χ1n) is 10.7. The van der Waals surface area contributed by atoms with Gasteiger partial charge in [-0.2, -0.15) is 0 Å². The molecule has 4 rings (SSSR count). The molecule has 174 valence electrons. The van der Waals surface area contributed by atoms with Crippen molar-refractivity contribution in [3.05, 3.63) is 93.8 Å². The van der Waals surface area contributed by atoms with Crippen molar-refractivity contribution in [2.75, 3.05) is 26.2 Å². The second-order valence-corrected chi connectivity index (χ2v) is 7.91. The van der Waals surface area contributed by atoms with Gasteiger partial charge in [0.1, 0.15) is 17.2 Å². The Kier molecular flexibility index (Phi) is 6.54. The van der Waals surface area contributed by atoms with E-state index in [-0.39, 0.29) is 18.0 Å². The zero-order valence-electron chi connectivity index (χ0n) is 19.5. The molecule has 0 aliphatic carbocycles. The number of H-pyrrole nitrogens is 1. The second kappa shape index (κ2) is 9.70. The summed E-state index contributed by atoms with van der Waals surface area (Å²) in [6.07, 6.45) is 0. The number of aryl methyl sites for hydroxylation is 1. The van der Waals surface area contributed by atoms with Crippen LogP contribution in [0.1, 0.15) is 21.5 Å². The van der Waals surface area contributed by atoms with Gasteiger partial charge in [0.2, 0.25) is 0 Å². The van der Waals surface area contributed by atoms with Crippen molar-refractivity contribution in [1.82, 2.24) is 4.98 Å². The van der Waals surface area contributed by atoms with Crippen LogP contribution >= 0.6 is 0 Å². The number of rotatable bonds is 7. The lowest BCUT2D eigenvalue weighted by atomic mass is 10.1. The molecule has 1 aromatic heterocycles. The van der Waals surface area contributed by atoms with Gasteiger partial charge >= 0.3 is 0 Å². The molecule has 7 heteroatoms. The predicted molar refractivity (Wildman–Crippen MR) is 132 cm³/mol. The zero-order valence-corrected chi connectivity index (χ0v) is 19.5. The van der Waals surface area contributed by atoms with Crippen LogP contribution in [-0.4, -0.2) is 32.2 Å². The number of pyridine rings is 1. The topological polar surface area (TPSA) is 80.9 Å². The van der Waals surface area contributed by atoms with Crippen LogP contribution in [0.4, 0.5) is 5.69 Å². The number of nitrogens with one attached hydrogen (secondary N) is 1. The Bertz CT molecular complexity index is 1370. The van der Waals surface area contributed by atoms with Crippen LogP contribution in [0.25, 0.3) is 10.9 Å². The second-order valence-electron chi connectivity index (χ2n) is 7.91. The lowest BCUT2D eigenvalue weighted by molar-refractivity contribution is 0.0984. The van der Waals surface area contributed by atoms with Crippen molar-refractivity contribution < 1.29 is 19.0 Å². The Balaban J connectivity index is 1.80. The van der Waals surface area contributed by atoms with Crippen molar-refractivity contribution in [2.24, 2.45) is 0 Å². The van der Waals surface area contributed by atoms with Gasteiger partial charge < -0.3 is 24.1 Å². The monoisotopic (exact) mass is 458 g/mol. The van der Waals surface area contributed by atoms with Crippen LogP contribution in [0.3, 0.4) is 0 Å². The molecule has 0 fully saturated rings. The zero-order chi connectivity index (χ0) is 24.2. The highest BCUT2D eigenvalue weighted by molar-refractivity contribution is 6.06. The average molecular weight is 459 g/mol. The Labute approximate surface area is 197 Å². The fraction of sp³-hybridized carbons (Fsp3) is 0.185. The summed E-state index contributed by atoms with van der Waals surface area (Å²) in [5.74, 6) is 1.36. The van der Waals surface area contributed by atoms with Crippen LogP contribution in [0.15, 0.2) is 71.5 Å². The van der Waals surface area contributed by atoms with Gasteiger partial charge in [0.05, 0.1) is 27.9 Å². The molecule has 7 nitrogen and oxygen atoms in total. The maximum absolute atomic E-state index is 13.7. The molecular weight excluding hydrogens is 432 g/mol. The minimum atomic E-state index is -0.300. The standard InChI is InChI=1S/C27H26N2O5/c1-17-5-10-25-18(11-17)12-20(26(30)28-25)16-29(21-6-8-22(32-2)9-7-21)27(31)19-13-23(33-3)15-24(14-19)34-4/h5-15H,16H2,1-4H3,(H,28,30). The average Bonchev–Trinajstić information content (AvgIpc) is 2.87. The number of amides is 1. The van der Waals surface area contributed by atoms with E-state index in [1.807, 2.05) is 31.2 Å². The minimum Gasteiger partial charge on any atom is -0.497 e. The number of carbonyl (C=O) groups excluding carboxylic acids is 1. The summed E-state index contributed by atoms with van der Waals surface area (Å²) in [5.41, 5.74) is 3.05. The molecule has 1 heterocycles. The fourth-order valence-corrected chi connectivity index (χ4v) is 3.79. The molecule has 0 bridgehead atoms. The number of hydrogen-bond acceptors (Lipinski definition) is 5. The van der Waals surface area contributed by atoms with E-state index in [9.17, 15) is 9.59 Å². The van der Waals surface area contributed by atoms with Gasteiger partial charge in [-0.25, -0.2) is 0 Å². The van der Waals surface area contributed by atoms with Gasteiger partial charge in [0.25, 0.3) is 11.5 Å². The maximum Gasteiger partial charge on any atom is 0.258 e. The molecule has 0 saturated carbocycles. The van der Waals surface area contributed by atoms with Crippen molar-refractivity contribution in [3.8, 4) is 17.2 Å². The van der Waals surface area contributed by atoms with Gasteiger partial charge in [-0.1, -0.05) is 11.6 Å². The number of benzene rings is 3. The van der Waals surface area contributed by atoms with Crippen LogP contribution in [0.5, 0.6) is 17.2 Å². The van der Waals surface area contributed by atoms with Gasteiger partial charge in [0.15, 0.2) is 0 Å². The third-order valence-corrected chi connectivity index (χ3v) is 5.63. The van der Waals surface area contributed by atoms with E-state index in [2.05, 4.69) is 4.98 Å². The predicted octanol–water partition coefficient (Wildman–Crippen LogP) is 4.71. The lowest BCUT2D eigenvalue weighted by Gasteiger charge is -2.24. The molecule has 0 saturated heterocycles. The molecule has 0 spiro atoms. The molecule has 34 heavy (non-hydrogen) atoms. The van der Waals surface area contributed by atoms with E-state index in [0.29, 0.717) is 34.1 Å². The summed E-state index contributed by atoms with van der Waals surface area (Å²) in [7, 11) is 4.64. The van der Waals surface area contributed by atoms with Crippen molar-refractivity contribution in [2.45, 2.75) is 13.5 Å². The fourth-order valence-electron chi connectivity index (χ4n) is 3.79. The Morgan fingerprint density at radius 2 is 1.47 bits per heavy atom. The number of carbonyl (C=O) groups is 1. The molecule has 0 radical (unpaired) electrons. The summed E-state index contributed by atoms with van der Waals surface area (Å²) in [6.45, 7) is 2.07. The Morgan fingerprint density at radius 3 is 2.09 bits per heavy atom. The van der Waals surface area contributed by atoms with Gasteiger partial charge in [-0.3, -0.25) is 9.59 Å². The van der Waals surface area contributed by atoms with Crippen molar-refractivity contribution in [3.63, 3.8) is 0 Å². The molecular formula is C27H26N2O5.